The number of primary amides is 1. The van der Waals surface area contributed by atoms with Crippen LogP contribution in [0.3, 0.4) is 0 Å². The Labute approximate surface area is 75.3 Å². The predicted octanol–water partition coefficient (Wildman–Crippen LogP) is 1.90. The van der Waals surface area contributed by atoms with E-state index in [-0.39, 0.29) is 5.75 Å². The molecule has 0 aliphatic rings. The van der Waals surface area contributed by atoms with Crippen molar-refractivity contribution in [1.29, 1.82) is 0 Å². The summed E-state index contributed by atoms with van der Waals surface area (Å²) in [7, 11) is 0. The van der Waals surface area contributed by atoms with E-state index in [0.717, 1.165) is 5.56 Å². The molecule has 1 aromatic carbocycles. The van der Waals surface area contributed by atoms with Crippen molar-refractivity contribution < 1.29 is 13.9 Å². The summed E-state index contributed by atoms with van der Waals surface area (Å²) in [6.07, 6.45) is -1.01. The van der Waals surface area contributed by atoms with Crippen molar-refractivity contribution in [2.24, 2.45) is 5.73 Å². The van der Waals surface area contributed by atoms with Gasteiger partial charge in [-0.2, -0.15) is 0 Å². The Morgan fingerprint density at radius 3 is 2.62 bits per heavy atom. The van der Waals surface area contributed by atoms with Gasteiger partial charge in [-0.3, -0.25) is 0 Å². The third kappa shape index (κ3) is 1.96. The van der Waals surface area contributed by atoms with Gasteiger partial charge in [0.1, 0.15) is 0 Å². The number of carbonyl (C=O) groups excluding carboxylic acids is 1. The molecule has 1 aromatic rings. The van der Waals surface area contributed by atoms with Gasteiger partial charge in [0.25, 0.3) is 0 Å². The van der Waals surface area contributed by atoms with E-state index in [1.165, 1.54) is 6.07 Å². The first-order chi connectivity index (χ1) is 6.02. The van der Waals surface area contributed by atoms with Gasteiger partial charge in [-0.15, -0.1) is 0 Å². The second-order valence-electron chi connectivity index (χ2n) is 2.74. The van der Waals surface area contributed by atoms with Crippen LogP contribution in [0.5, 0.6) is 5.75 Å². The molecule has 70 valence electrons. The summed E-state index contributed by atoms with van der Waals surface area (Å²) in [4.78, 5) is 10.4. The normalized spacial score (nSPS) is 9.77. The van der Waals surface area contributed by atoms with Gasteiger partial charge in [-0.1, -0.05) is 6.07 Å². The van der Waals surface area contributed by atoms with Gasteiger partial charge >= 0.3 is 6.09 Å². The Balaban J connectivity index is 3.17. The summed E-state index contributed by atoms with van der Waals surface area (Å²) in [5.41, 5.74) is 6.21. The van der Waals surface area contributed by atoms with E-state index in [4.69, 9.17) is 5.73 Å². The van der Waals surface area contributed by atoms with Crippen molar-refractivity contribution in [2.75, 3.05) is 0 Å². The largest absolute Gasteiger partial charge is 0.410 e. The average molecular weight is 183 g/mol. The lowest BCUT2D eigenvalue weighted by atomic mass is 10.1. The highest BCUT2D eigenvalue weighted by molar-refractivity contribution is 5.68. The van der Waals surface area contributed by atoms with E-state index >= 15 is 0 Å². The molecule has 0 aliphatic heterocycles. The highest BCUT2D eigenvalue weighted by Gasteiger charge is 2.11. The van der Waals surface area contributed by atoms with Crippen LogP contribution >= 0.6 is 0 Å². The smallest absolute Gasteiger partial charge is 0.407 e. The van der Waals surface area contributed by atoms with Gasteiger partial charge < -0.3 is 10.5 Å². The average Bonchev–Trinajstić information content (AvgIpc) is 2.05. The first-order valence-corrected chi connectivity index (χ1v) is 3.75. The van der Waals surface area contributed by atoms with Gasteiger partial charge in [-0.25, -0.2) is 9.18 Å². The molecule has 1 rings (SSSR count). The standard InChI is InChI=1S/C9H10FNO2/c1-5-3-4-7(10)8(6(5)2)13-9(11)12/h3-4H,1-2H3,(H2,11,12). The van der Waals surface area contributed by atoms with E-state index < -0.39 is 11.9 Å². The highest BCUT2D eigenvalue weighted by atomic mass is 19.1. The first-order valence-electron chi connectivity index (χ1n) is 3.75. The number of rotatable bonds is 1. The first kappa shape index (κ1) is 9.51. The lowest BCUT2D eigenvalue weighted by Crippen LogP contribution is -2.17. The number of hydrogen-bond donors (Lipinski definition) is 1. The van der Waals surface area contributed by atoms with E-state index in [9.17, 15) is 9.18 Å². The monoisotopic (exact) mass is 183 g/mol. The maximum Gasteiger partial charge on any atom is 0.410 e. The van der Waals surface area contributed by atoms with Crippen molar-refractivity contribution >= 4 is 6.09 Å². The number of nitrogens with two attached hydrogens (primary N) is 1. The molecule has 0 radical (unpaired) electrons. The molecular formula is C9H10FNO2. The minimum atomic E-state index is -1.01. The Hall–Kier alpha value is -1.58. The molecule has 13 heavy (non-hydrogen) atoms. The van der Waals surface area contributed by atoms with E-state index in [0.29, 0.717) is 5.56 Å². The molecule has 0 heterocycles. The molecule has 4 heteroatoms. The van der Waals surface area contributed by atoms with Crippen LogP contribution in [0.4, 0.5) is 9.18 Å². The number of aryl methyl sites for hydroxylation is 1. The fourth-order valence-electron chi connectivity index (χ4n) is 0.983. The Morgan fingerprint density at radius 2 is 2.08 bits per heavy atom. The van der Waals surface area contributed by atoms with Gasteiger partial charge in [0.05, 0.1) is 0 Å². The number of amides is 1. The van der Waals surface area contributed by atoms with Crippen LogP contribution in [0.15, 0.2) is 12.1 Å². The molecule has 0 spiro atoms. The van der Waals surface area contributed by atoms with Crippen LogP contribution in [0, 0.1) is 19.7 Å². The zero-order valence-electron chi connectivity index (χ0n) is 7.43. The summed E-state index contributed by atoms with van der Waals surface area (Å²) < 4.78 is 17.6. The second kappa shape index (κ2) is 3.43. The molecule has 3 nitrogen and oxygen atoms in total. The third-order valence-electron chi connectivity index (χ3n) is 1.83. The lowest BCUT2D eigenvalue weighted by Gasteiger charge is -2.07. The summed E-state index contributed by atoms with van der Waals surface area (Å²) in [6, 6.07) is 2.85. The number of hydrogen-bond acceptors (Lipinski definition) is 2. The van der Waals surface area contributed by atoms with Crippen LogP contribution in [0.25, 0.3) is 0 Å². The van der Waals surface area contributed by atoms with Gasteiger partial charge in [0, 0.05) is 0 Å². The molecule has 0 bridgehead atoms. The summed E-state index contributed by atoms with van der Waals surface area (Å²) in [5.74, 6) is -0.672. The van der Waals surface area contributed by atoms with Crippen LogP contribution < -0.4 is 10.5 Å². The summed E-state index contributed by atoms with van der Waals surface area (Å²) in [6.45, 7) is 3.46. The quantitative estimate of drug-likeness (QED) is 0.722. The van der Waals surface area contributed by atoms with Crippen molar-refractivity contribution in [1.82, 2.24) is 0 Å². The summed E-state index contributed by atoms with van der Waals surface area (Å²) in [5, 5.41) is 0. The van der Waals surface area contributed by atoms with Crippen molar-refractivity contribution in [3.05, 3.63) is 29.1 Å². The third-order valence-corrected chi connectivity index (χ3v) is 1.83. The van der Waals surface area contributed by atoms with Crippen LogP contribution in [0.2, 0.25) is 0 Å². The molecule has 0 atom stereocenters. The van der Waals surface area contributed by atoms with Gasteiger partial charge in [0.15, 0.2) is 11.6 Å². The number of halogens is 1. The maximum atomic E-state index is 13.1. The molecule has 0 saturated heterocycles. The molecule has 0 aliphatic carbocycles. The van der Waals surface area contributed by atoms with E-state index in [1.807, 2.05) is 0 Å². The Morgan fingerprint density at radius 1 is 1.46 bits per heavy atom. The Kier molecular flexibility index (Phi) is 2.51. The minimum absolute atomic E-state index is 0.0903. The van der Waals surface area contributed by atoms with E-state index in [2.05, 4.69) is 4.74 Å². The van der Waals surface area contributed by atoms with Crippen LogP contribution in [-0.2, 0) is 0 Å². The Bertz CT molecular complexity index is 350. The van der Waals surface area contributed by atoms with Crippen molar-refractivity contribution in [2.45, 2.75) is 13.8 Å². The zero-order valence-corrected chi connectivity index (χ0v) is 7.43. The maximum absolute atomic E-state index is 13.1. The topological polar surface area (TPSA) is 52.3 Å². The zero-order chi connectivity index (χ0) is 10.0. The molecular weight excluding hydrogens is 173 g/mol. The molecule has 0 fully saturated rings. The highest BCUT2D eigenvalue weighted by Crippen LogP contribution is 2.24. The van der Waals surface area contributed by atoms with Gasteiger partial charge in [-0.05, 0) is 31.0 Å². The SMILES string of the molecule is Cc1ccc(F)c(OC(N)=O)c1C. The molecule has 0 unspecified atom stereocenters. The van der Waals surface area contributed by atoms with Crippen molar-refractivity contribution in [3.8, 4) is 5.75 Å². The van der Waals surface area contributed by atoms with Crippen molar-refractivity contribution in [3.63, 3.8) is 0 Å². The van der Waals surface area contributed by atoms with Gasteiger partial charge in [0.2, 0.25) is 0 Å². The minimum Gasteiger partial charge on any atom is -0.407 e. The molecule has 1 amide bonds. The molecule has 0 aromatic heterocycles. The fraction of sp³-hybridized carbons (Fsp3) is 0.222. The predicted molar refractivity (Wildman–Crippen MR) is 46.1 cm³/mol. The lowest BCUT2D eigenvalue weighted by molar-refractivity contribution is 0.208. The number of carbonyl (C=O) groups is 1. The van der Waals surface area contributed by atoms with E-state index in [1.54, 1.807) is 19.9 Å². The second-order valence-corrected chi connectivity index (χ2v) is 2.74. The summed E-state index contributed by atoms with van der Waals surface area (Å²) >= 11 is 0. The van der Waals surface area contributed by atoms with Crippen LogP contribution in [-0.4, -0.2) is 6.09 Å². The molecule has 2 N–H and O–H groups in total. The number of benzene rings is 1. The number of ether oxygens (including phenoxy) is 1. The fourth-order valence-corrected chi connectivity index (χ4v) is 0.983. The van der Waals surface area contributed by atoms with Crippen LogP contribution in [0.1, 0.15) is 11.1 Å². The molecule has 0 saturated carbocycles.